The Bertz CT molecular complexity index is 265. The van der Waals surface area contributed by atoms with Gasteiger partial charge in [0.05, 0.1) is 19.8 Å². The van der Waals surface area contributed by atoms with Gasteiger partial charge >= 0.3 is 15.0 Å². The average Bonchev–Trinajstić information content (AvgIpc) is 2.54. The second-order valence-corrected chi connectivity index (χ2v) is 7.52. The highest BCUT2D eigenvalue weighted by molar-refractivity contribution is 6.60. The summed E-state index contributed by atoms with van der Waals surface area (Å²) in [4.78, 5) is 0. The van der Waals surface area contributed by atoms with Crippen molar-refractivity contribution in [3.05, 3.63) is 0 Å². The normalized spacial score (nSPS) is 12.8. The Labute approximate surface area is 141 Å². The van der Waals surface area contributed by atoms with Gasteiger partial charge in [0, 0.05) is 33.4 Å². The lowest BCUT2D eigenvalue weighted by Crippen LogP contribution is -2.56. The molecule has 0 amide bonds. The van der Waals surface area contributed by atoms with E-state index in [1.54, 1.807) is 14.2 Å². The van der Waals surface area contributed by atoms with Crippen molar-refractivity contribution in [2.45, 2.75) is 39.4 Å². The predicted molar refractivity (Wildman–Crippen MR) is 89.8 cm³/mol. The third-order valence-electron chi connectivity index (χ3n) is 3.02. The van der Waals surface area contributed by atoms with Crippen LogP contribution in [0.4, 0.5) is 0 Å². The molecule has 0 heterocycles. The minimum absolute atomic E-state index is 0.371. The molecule has 0 aliphatic rings. The van der Waals surface area contributed by atoms with Crippen molar-refractivity contribution < 1.29 is 27.5 Å². The minimum atomic E-state index is -3.00. The number of nitrogens with one attached hydrogen (secondary N) is 1. The van der Waals surface area contributed by atoms with Crippen LogP contribution in [0.1, 0.15) is 27.2 Å². The summed E-state index contributed by atoms with van der Waals surface area (Å²) >= 11 is 0. The van der Waals surface area contributed by atoms with Crippen LogP contribution in [0.3, 0.4) is 0 Å². The summed E-state index contributed by atoms with van der Waals surface area (Å²) in [5.41, 5.74) is 5.45. The maximum absolute atomic E-state index is 6.03. The van der Waals surface area contributed by atoms with E-state index < -0.39 is 15.0 Å². The number of nitrogens with two attached hydrogens (primary N) is 1. The zero-order valence-electron chi connectivity index (χ0n) is 15.2. The Balaban J connectivity index is 4.92. The van der Waals surface area contributed by atoms with Crippen LogP contribution in [0.5, 0.6) is 0 Å². The van der Waals surface area contributed by atoms with Gasteiger partial charge in [0.15, 0.2) is 0 Å². The third-order valence-corrected chi connectivity index (χ3v) is 5.79. The first-order chi connectivity index (χ1) is 11.1. The molecule has 9 heteroatoms. The lowest BCUT2D eigenvalue weighted by molar-refractivity contribution is -0.478. The summed E-state index contributed by atoms with van der Waals surface area (Å²) < 4.78 is 34.0. The molecule has 0 aliphatic carbocycles. The summed E-state index contributed by atoms with van der Waals surface area (Å²) in [6.45, 7) is 8.82. The molecule has 0 saturated carbocycles. The van der Waals surface area contributed by atoms with Crippen LogP contribution in [0, 0.1) is 0 Å². The molecule has 0 aromatic heterocycles. The number of rotatable bonds is 16. The monoisotopic (exact) mass is 354 g/mol. The second kappa shape index (κ2) is 13.2. The molecule has 23 heavy (non-hydrogen) atoms. The van der Waals surface area contributed by atoms with E-state index in [-0.39, 0.29) is 0 Å². The van der Waals surface area contributed by atoms with E-state index in [0.717, 1.165) is 19.5 Å². The second-order valence-electron chi connectivity index (χ2n) is 4.63. The van der Waals surface area contributed by atoms with Crippen molar-refractivity contribution in [3.8, 4) is 0 Å². The Morgan fingerprint density at radius 2 is 1.43 bits per heavy atom. The smallest absolute Gasteiger partial charge is 0.377 e. The molecule has 140 valence electrons. The van der Waals surface area contributed by atoms with E-state index >= 15 is 0 Å². The van der Waals surface area contributed by atoms with Crippen molar-refractivity contribution in [1.82, 2.24) is 5.32 Å². The van der Waals surface area contributed by atoms with Crippen LogP contribution in [-0.4, -0.2) is 68.6 Å². The maximum Gasteiger partial charge on any atom is 0.506 e. The molecular weight excluding hydrogens is 320 g/mol. The summed E-state index contributed by atoms with van der Waals surface area (Å²) in [6.07, 6.45) is -0.782. The van der Waals surface area contributed by atoms with E-state index in [1.807, 2.05) is 20.8 Å². The van der Waals surface area contributed by atoms with Crippen LogP contribution < -0.4 is 11.1 Å². The zero-order valence-corrected chi connectivity index (χ0v) is 16.2. The summed E-state index contributed by atoms with van der Waals surface area (Å²) in [5.74, 6) is 0. The van der Waals surface area contributed by atoms with Gasteiger partial charge in [-0.05, 0) is 33.7 Å². The van der Waals surface area contributed by atoms with E-state index in [9.17, 15) is 0 Å². The molecule has 0 saturated heterocycles. The van der Waals surface area contributed by atoms with E-state index in [4.69, 9.17) is 33.2 Å². The molecule has 8 nitrogen and oxygen atoms in total. The topological polar surface area (TPSA) is 93.4 Å². The Morgan fingerprint density at radius 1 is 0.913 bits per heavy atom. The Morgan fingerprint density at radius 3 is 1.83 bits per heavy atom. The SMILES string of the molecule is CCOC(OCC)(OCC)O[Si](CCCNCCN)(OC)OC. The predicted octanol–water partition coefficient (Wildman–Crippen LogP) is 0.894. The number of ether oxygens (including phenoxy) is 3. The van der Waals surface area contributed by atoms with Gasteiger partial charge in [-0.15, -0.1) is 0 Å². The molecule has 0 aromatic carbocycles. The first-order valence-electron chi connectivity index (χ1n) is 8.20. The van der Waals surface area contributed by atoms with Gasteiger partial charge < -0.3 is 34.1 Å². The van der Waals surface area contributed by atoms with Gasteiger partial charge in [0.2, 0.25) is 0 Å². The summed E-state index contributed by atoms with van der Waals surface area (Å²) in [7, 11) is 0.137. The molecule has 0 atom stereocenters. The van der Waals surface area contributed by atoms with Crippen molar-refractivity contribution in [3.63, 3.8) is 0 Å². The van der Waals surface area contributed by atoms with E-state index in [0.29, 0.717) is 32.4 Å². The lowest BCUT2D eigenvalue weighted by atomic mass is 10.5. The van der Waals surface area contributed by atoms with Crippen LogP contribution in [0.2, 0.25) is 6.04 Å². The van der Waals surface area contributed by atoms with Crippen LogP contribution >= 0.6 is 0 Å². The third kappa shape index (κ3) is 8.52. The van der Waals surface area contributed by atoms with Gasteiger partial charge in [-0.25, -0.2) is 0 Å². The average molecular weight is 355 g/mol. The molecular formula is C14H34N2O6Si. The van der Waals surface area contributed by atoms with Crippen molar-refractivity contribution in [2.75, 3.05) is 53.7 Å². The fourth-order valence-corrected chi connectivity index (χ4v) is 4.02. The molecule has 0 radical (unpaired) electrons. The zero-order chi connectivity index (χ0) is 17.6. The largest absolute Gasteiger partial charge is 0.506 e. The molecule has 0 bridgehead atoms. The highest BCUT2D eigenvalue weighted by atomic mass is 28.4. The minimum Gasteiger partial charge on any atom is -0.377 e. The first kappa shape index (κ1) is 22.9. The van der Waals surface area contributed by atoms with Crippen LogP contribution in [0.25, 0.3) is 0 Å². The van der Waals surface area contributed by atoms with E-state index in [2.05, 4.69) is 5.32 Å². The quantitative estimate of drug-likeness (QED) is 0.240. The summed E-state index contributed by atoms with van der Waals surface area (Å²) in [6, 6.07) is 0.604. The van der Waals surface area contributed by atoms with Gasteiger partial charge in [-0.1, -0.05) is 0 Å². The molecule has 0 unspecified atom stereocenters. The molecule has 0 rings (SSSR count). The van der Waals surface area contributed by atoms with Gasteiger partial charge in [0.25, 0.3) is 0 Å². The van der Waals surface area contributed by atoms with Crippen LogP contribution in [0.15, 0.2) is 0 Å². The van der Waals surface area contributed by atoms with Gasteiger partial charge in [0.1, 0.15) is 0 Å². The van der Waals surface area contributed by atoms with Crippen LogP contribution in [-0.2, 0) is 27.5 Å². The number of hydrogen-bond acceptors (Lipinski definition) is 8. The summed E-state index contributed by atoms with van der Waals surface area (Å²) in [5, 5.41) is 3.23. The maximum atomic E-state index is 6.03. The fourth-order valence-electron chi connectivity index (χ4n) is 2.01. The Hall–Kier alpha value is -0.103. The van der Waals surface area contributed by atoms with E-state index in [1.165, 1.54) is 0 Å². The number of hydrogen-bond donors (Lipinski definition) is 2. The standard InChI is InChI=1S/C14H34N2O6Si/c1-6-19-14(20-7-2,21-8-3)22-23(17-4,18-5)13-9-11-16-12-10-15/h16H,6-13,15H2,1-5H3. The van der Waals surface area contributed by atoms with Crippen molar-refractivity contribution >= 4 is 8.80 Å². The van der Waals surface area contributed by atoms with Crippen molar-refractivity contribution in [2.24, 2.45) is 5.73 Å². The highest BCUT2D eigenvalue weighted by Crippen LogP contribution is 2.27. The van der Waals surface area contributed by atoms with Crippen molar-refractivity contribution in [1.29, 1.82) is 0 Å². The first-order valence-corrected chi connectivity index (χ1v) is 10.1. The molecule has 0 aromatic rings. The molecule has 3 N–H and O–H groups in total. The fraction of sp³-hybridized carbons (Fsp3) is 1.00. The lowest BCUT2D eigenvalue weighted by Gasteiger charge is -2.37. The Kier molecular flexibility index (Phi) is 13.2. The molecule has 0 aliphatic heterocycles. The van der Waals surface area contributed by atoms with Gasteiger partial charge in [-0.2, -0.15) is 0 Å². The van der Waals surface area contributed by atoms with Gasteiger partial charge in [-0.3, -0.25) is 4.43 Å². The molecule has 0 fully saturated rings. The molecule has 0 spiro atoms. The highest BCUT2D eigenvalue weighted by Gasteiger charge is 2.50.